The van der Waals surface area contributed by atoms with Crippen LogP contribution in [-0.4, -0.2) is 91.2 Å². The highest BCUT2D eigenvalue weighted by Crippen LogP contribution is 2.22. The summed E-state index contributed by atoms with van der Waals surface area (Å²) in [4.78, 5) is 43.8. The van der Waals surface area contributed by atoms with Crippen molar-refractivity contribution in [1.29, 1.82) is 16.2 Å². The van der Waals surface area contributed by atoms with Gasteiger partial charge in [0.05, 0.1) is 25.9 Å². The Morgan fingerprint density at radius 3 is 1.67 bits per heavy atom. The number of carbonyl (C=O) groups is 4. The monoisotopic (exact) mass is 1050 g/mol. The number of halogens is 4. The number of nitrogens with two attached hydrogens (primary N) is 1. The molecule has 1 aromatic heterocycles. The summed E-state index contributed by atoms with van der Waals surface area (Å²) in [5.74, 6) is -2.05. The van der Waals surface area contributed by atoms with Crippen LogP contribution in [0.25, 0.3) is 10.9 Å². The van der Waals surface area contributed by atoms with E-state index in [0.717, 1.165) is 45.6 Å². The van der Waals surface area contributed by atoms with Crippen LogP contribution in [0.3, 0.4) is 0 Å². The van der Waals surface area contributed by atoms with Crippen LogP contribution in [0.4, 0.5) is 17.1 Å². The number of carbonyl (C=O) groups excluding carboxylic acids is 3. The van der Waals surface area contributed by atoms with Gasteiger partial charge in [-0.25, -0.2) is 0 Å². The first kappa shape index (κ1) is 48.7. The van der Waals surface area contributed by atoms with Crippen LogP contribution in [0.1, 0.15) is 16.7 Å². The number of nitrogen functional groups attached to an aromatic ring is 1. The third-order valence-corrected chi connectivity index (χ3v) is 9.16. The zero-order valence-corrected chi connectivity index (χ0v) is 37.3. The Morgan fingerprint density at radius 2 is 1.17 bits per heavy atom. The molecule has 0 radical (unpaired) electrons. The minimum Gasteiger partial charge on any atom is -0.480 e. The minimum absolute atomic E-state index is 0.0525. The van der Waals surface area contributed by atoms with Crippen LogP contribution in [0.5, 0.6) is 0 Å². The number of amides is 1. The zero-order chi connectivity index (χ0) is 43.2. The maximum absolute atomic E-state index is 11.7. The Labute approximate surface area is 367 Å². The molecule has 0 saturated carbocycles. The van der Waals surface area contributed by atoms with Gasteiger partial charge in [0.15, 0.2) is 0 Å². The second kappa shape index (κ2) is 25.7. The van der Waals surface area contributed by atoms with Crippen LogP contribution in [0.15, 0.2) is 96.9 Å². The second-order valence-corrected chi connectivity index (χ2v) is 14.9. The largest absolute Gasteiger partial charge is 0.480 e. The predicted molar refractivity (Wildman–Crippen MR) is 240 cm³/mol. The maximum atomic E-state index is 11.7. The van der Waals surface area contributed by atoms with Crippen molar-refractivity contribution in [2.45, 2.75) is 6.54 Å². The number of benzene rings is 4. The first-order valence-corrected chi connectivity index (χ1v) is 19.7. The average Bonchev–Trinajstić information content (AvgIpc) is 3.60. The van der Waals surface area contributed by atoms with E-state index in [1.165, 1.54) is 32.9 Å². The molecule has 58 heavy (non-hydrogen) atoms. The van der Waals surface area contributed by atoms with E-state index in [9.17, 15) is 19.2 Å². The summed E-state index contributed by atoms with van der Waals surface area (Å²) in [5, 5.41) is 42.9. The molecule has 16 nitrogen and oxygen atoms in total. The minimum atomic E-state index is -0.930. The van der Waals surface area contributed by atoms with Crippen molar-refractivity contribution >= 4 is 134 Å². The Kier molecular flexibility index (Phi) is 21.6. The van der Waals surface area contributed by atoms with Gasteiger partial charge >= 0.3 is 17.9 Å². The number of hydrogen-bond acceptors (Lipinski definition) is 13. The fraction of sp³-hybridized carbons (Fsp3) is 0.158. The molecule has 0 aliphatic carbocycles. The topological polar surface area (TPSA) is 258 Å². The summed E-state index contributed by atoms with van der Waals surface area (Å²) in [7, 11) is 2.61. The maximum Gasteiger partial charge on any atom is 0.325 e. The molecule has 4 aromatic carbocycles. The third kappa shape index (κ3) is 17.4. The van der Waals surface area contributed by atoms with E-state index in [1.54, 1.807) is 47.3 Å². The van der Waals surface area contributed by atoms with Gasteiger partial charge in [0.1, 0.15) is 26.2 Å². The van der Waals surface area contributed by atoms with E-state index in [1.807, 2.05) is 36.4 Å². The van der Waals surface area contributed by atoms with Crippen molar-refractivity contribution in [2.24, 2.45) is 0 Å². The summed E-state index contributed by atoms with van der Waals surface area (Å²) in [6.45, 7) is -0.153. The van der Waals surface area contributed by atoms with Crippen LogP contribution >= 0.6 is 63.7 Å². The number of carboxylic acid groups (broad SMARTS) is 1. The molecular weight excluding hydrogens is 1010 g/mol. The van der Waals surface area contributed by atoms with Gasteiger partial charge in [-0.15, -0.1) is 0 Å². The Bertz CT molecular complexity index is 2240. The quantitative estimate of drug-likeness (QED) is 0.0335. The smallest absolute Gasteiger partial charge is 0.325 e. The molecule has 0 saturated heterocycles. The Hall–Kier alpha value is -5.44. The van der Waals surface area contributed by atoms with E-state index in [2.05, 4.69) is 94.2 Å². The number of aliphatic carboxylic acids is 1. The highest BCUT2D eigenvalue weighted by Gasteiger charge is 2.10. The van der Waals surface area contributed by atoms with Crippen molar-refractivity contribution in [3.05, 3.63) is 114 Å². The lowest BCUT2D eigenvalue weighted by Gasteiger charge is -2.08. The van der Waals surface area contributed by atoms with E-state index >= 15 is 0 Å². The van der Waals surface area contributed by atoms with Crippen LogP contribution < -0.4 is 21.7 Å². The molecule has 0 bridgehead atoms. The lowest BCUT2D eigenvalue weighted by Crippen LogP contribution is -2.33. The first-order valence-electron chi connectivity index (χ1n) is 16.5. The number of carboxylic acids is 1. The molecule has 0 aliphatic rings. The number of anilines is 3. The normalized spacial score (nSPS) is 9.76. The summed E-state index contributed by atoms with van der Waals surface area (Å²) >= 11 is 13.2. The standard InChI is InChI=1S/C12H12BrN3O3.C10H11BrN2O2.C9H9BrN2O2.C7H7BrN2/c1-19-12(18)6-14-11(17)7-16-10-4-9(13)3-2-8(10)5-15-16;1-15-10(14)6-13-9-4-8(11)3-2-7(9)5-12;10-7-2-1-6(4-11)8(3-7)12-5-9(13)14;8-6-2-1-5(4-9)7(10)3-6/h2-5H,6-7H2,1H3,(H,14,17);2-5,12-13H,6H2,1H3;1-4,11-12H,5H2,(H,13,14);1-4,9H,10H2. The van der Waals surface area contributed by atoms with Crippen molar-refractivity contribution in [1.82, 2.24) is 15.1 Å². The fourth-order valence-corrected chi connectivity index (χ4v) is 5.76. The van der Waals surface area contributed by atoms with Crippen molar-refractivity contribution in [3.8, 4) is 0 Å². The number of aromatic nitrogens is 2. The molecule has 0 fully saturated rings. The van der Waals surface area contributed by atoms with E-state index in [-0.39, 0.29) is 38.1 Å². The zero-order valence-electron chi connectivity index (χ0n) is 30.9. The van der Waals surface area contributed by atoms with Crippen molar-refractivity contribution in [3.63, 3.8) is 0 Å². The number of fused-ring (bicyclic) bond motifs is 1. The molecule has 0 unspecified atom stereocenters. The average molecular weight is 1050 g/mol. The molecule has 20 heteroatoms. The number of nitrogens with zero attached hydrogens (tertiary/aromatic N) is 2. The van der Waals surface area contributed by atoms with Crippen LogP contribution in [-0.2, 0) is 35.2 Å². The molecule has 0 spiro atoms. The molecule has 0 aliphatic heterocycles. The van der Waals surface area contributed by atoms with E-state index < -0.39 is 11.9 Å². The Balaban J connectivity index is 0.000000273. The molecule has 306 valence electrons. The summed E-state index contributed by atoms with van der Waals surface area (Å²) < 4.78 is 14.1. The molecular formula is C38H39Br4N9O7. The number of hydrogen-bond donors (Lipinski definition) is 8. The highest BCUT2D eigenvalue weighted by molar-refractivity contribution is 9.11. The van der Waals surface area contributed by atoms with Gasteiger partial charge in [-0.2, -0.15) is 5.10 Å². The first-order chi connectivity index (χ1) is 27.6. The van der Waals surface area contributed by atoms with E-state index in [0.29, 0.717) is 16.9 Å². The lowest BCUT2D eigenvalue weighted by atomic mass is 10.2. The molecule has 1 heterocycles. The summed E-state index contributed by atoms with van der Waals surface area (Å²) in [6.07, 6.45) is 5.33. The summed E-state index contributed by atoms with van der Waals surface area (Å²) in [5.41, 5.74) is 10.5. The van der Waals surface area contributed by atoms with Gasteiger partial charge in [0.25, 0.3) is 0 Å². The molecule has 5 aromatic rings. The number of nitrogens with one attached hydrogen (secondary N) is 6. The van der Waals surface area contributed by atoms with E-state index in [4.69, 9.17) is 27.1 Å². The Morgan fingerprint density at radius 1 is 0.707 bits per heavy atom. The molecule has 1 amide bonds. The number of rotatable bonds is 13. The van der Waals surface area contributed by atoms with Gasteiger partial charge in [0, 0.05) is 75.7 Å². The van der Waals surface area contributed by atoms with Crippen LogP contribution in [0, 0.1) is 16.2 Å². The van der Waals surface area contributed by atoms with Gasteiger partial charge < -0.3 is 52.5 Å². The summed E-state index contributed by atoms with van der Waals surface area (Å²) in [6, 6.07) is 21.8. The van der Waals surface area contributed by atoms with Gasteiger partial charge in [-0.3, -0.25) is 23.9 Å². The van der Waals surface area contributed by atoms with Gasteiger partial charge in [-0.05, 0) is 48.5 Å². The molecule has 9 N–H and O–H groups in total. The number of methoxy groups -OCH3 is 2. The number of esters is 2. The number of ether oxygens (including phenoxy) is 2. The fourth-order valence-electron chi connectivity index (χ4n) is 4.31. The molecule has 5 rings (SSSR count). The lowest BCUT2D eigenvalue weighted by molar-refractivity contribution is -0.141. The van der Waals surface area contributed by atoms with Crippen LogP contribution in [0.2, 0.25) is 0 Å². The van der Waals surface area contributed by atoms with Gasteiger partial charge in [-0.1, -0.05) is 88.0 Å². The molecule has 0 atom stereocenters. The van der Waals surface area contributed by atoms with Crippen molar-refractivity contribution in [2.75, 3.05) is 50.2 Å². The highest BCUT2D eigenvalue weighted by atomic mass is 79.9. The third-order valence-electron chi connectivity index (χ3n) is 7.18. The second-order valence-electron chi connectivity index (χ2n) is 11.2. The SMILES string of the molecule is COC(=O)CNC(=O)Cn1ncc2ccc(Br)cc21.COC(=O)CNc1cc(Br)ccc1C=N.N=Cc1ccc(Br)cc1N.N=Cc1ccc(Br)cc1NCC(=O)O. The van der Waals surface area contributed by atoms with Gasteiger partial charge in [0.2, 0.25) is 5.91 Å². The van der Waals surface area contributed by atoms with Crippen molar-refractivity contribution < 1.29 is 33.8 Å². The predicted octanol–water partition coefficient (Wildman–Crippen LogP) is 7.09.